The summed E-state index contributed by atoms with van der Waals surface area (Å²) in [6.07, 6.45) is 1.53. The molecule has 0 bridgehead atoms. The highest BCUT2D eigenvalue weighted by Gasteiger charge is 2.18. The quantitative estimate of drug-likeness (QED) is 0.636. The van der Waals surface area contributed by atoms with E-state index in [-0.39, 0.29) is 17.9 Å². The molecule has 8 heteroatoms. The number of hydrogen-bond donors (Lipinski definition) is 2. The van der Waals surface area contributed by atoms with Crippen molar-refractivity contribution in [2.45, 2.75) is 13.5 Å². The van der Waals surface area contributed by atoms with Gasteiger partial charge in [-0.1, -0.05) is 0 Å². The summed E-state index contributed by atoms with van der Waals surface area (Å²) in [4.78, 5) is 27.0. The molecule has 0 aliphatic carbocycles. The second-order valence-corrected chi connectivity index (χ2v) is 5.95. The minimum atomic E-state index is -0.237. The van der Waals surface area contributed by atoms with E-state index < -0.39 is 0 Å². The van der Waals surface area contributed by atoms with Crippen molar-refractivity contribution in [2.24, 2.45) is 10.7 Å². The second-order valence-electron chi connectivity index (χ2n) is 5.95. The van der Waals surface area contributed by atoms with Gasteiger partial charge in [0.15, 0.2) is 5.96 Å². The summed E-state index contributed by atoms with van der Waals surface area (Å²) in [7, 11) is 0. The van der Waals surface area contributed by atoms with Crippen LogP contribution in [-0.2, 0) is 6.54 Å². The number of benzene rings is 1. The van der Waals surface area contributed by atoms with Crippen molar-refractivity contribution in [1.82, 2.24) is 14.9 Å². The van der Waals surface area contributed by atoms with Crippen LogP contribution >= 0.6 is 0 Å². The van der Waals surface area contributed by atoms with Crippen molar-refractivity contribution in [3.8, 4) is 0 Å². The molecule has 0 radical (unpaired) electrons. The predicted molar refractivity (Wildman–Crippen MR) is 95.1 cm³/mol. The number of rotatable bonds is 3. The fraction of sp³-hybridized carbons (Fsp3) is 0.353. The Balaban J connectivity index is 1.58. The molecule has 1 aromatic carbocycles. The van der Waals surface area contributed by atoms with E-state index >= 15 is 0 Å². The normalized spacial score (nSPS) is 15.5. The summed E-state index contributed by atoms with van der Waals surface area (Å²) >= 11 is 0. The number of nitrogens with one attached hydrogen (secondary N) is 1. The van der Waals surface area contributed by atoms with Crippen LogP contribution in [-0.4, -0.2) is 47.0 Å². The number of aliphatic imine (C=N–C) groups is 1. The summed E-state index contributed by atoms with van der Waals surface area (Å²) in [5.41, 5.74) is 7.34. The number of piperazine rings is 1. The summed E-state index contributed by atoms with van der Waals surface area (Å²) in [6, 6.07) is 6.48. The number of halogens is 1. The first-order chi connectivity index (χ1) is 12.0. The fourth-order valence-corrected chi connectivity index (χ4v) is 2.73. The van der Waals surface area contributed by atoms with Gasteiger partial charge in [-0.05, 0) is 31.2 Å². The van der Waals surface area contributed by atoms with Gasteiger partial charge >= 0.3 is 0 Å². The lowest BCUT2D eigenvalue weighted by Crippen LogP contribution is -2.51. The fourth-order valence-electron chi connectivity index (χ4n) is 2.73. The molecule has 2 aromatic rings. The Bertz CT molecular complexity index is 809. The summed E-state index contributed by atoms with van der Waals surface area (Å²) in [6.45, 7) is 4.91. The Kier molecular flexibility index (Phi) is 4.97. The molecule has 0 spiro atoms. The maximum Gasteiger partial charge on any atom is 0.255 e. The number of hydrogen-bond acceptors (Lipinski definition) is 4. The summed E-state index contributed by atoms with van der Waals surface area (Å²) < 4.78 is 13.0. The van der Waals surface area contributed by atoms with E-state index in [2.05, 4.69) is 19.9 Å². The van der Waals surface area contributed by atoms with Crippen molar-refractivity contribution in [1.29, 1.82) is 0 Å². The molecule has 2 heterocycles. The van der Waals surface area contributed by atoms with Gasteiger partial charge in [-0.2, -0.15) is 0 Å². The van der Waals surface area contributed by atoms with Gasteiger partial charge in [-0.15, -0.1) is 0 Å². The Morgan fingerprint density at radius 3 is 2.60 bits per heavy atom. The molecule has 0 saturated carbocycles. The third kappa shape index (κ3) is 4.14. The third-order valence-corrected chi connectivity index (χ3v) is 4.21. The highest BCUT2D eigenvalue weighted by atomic mass is 19.1. The van der Waals surface area contributed by atoms with E-state index in [4.69, 9.17) is 5.73 Å². The van der Waals surface area contributed by atoms with Gasteiger partial charge in [0, 0.05) is 38.1 Å². The van der Waals surface area contributed by atoms with Crippen LogP contribution in [0.5, 0.6) is 0 Å². The lowest BCUT2D eigenvalue weighted by Gasteiger charge is -2.36. The van der Waals surface area contributed by atoms with E-state index in [1.807, 2.05) is 4.90 Å². The molecule has 0 amide bonds. The van der Waals surface area contributed by atoms with E-state index in [9.17, 15) is 9.18 Å². The van der Waals surface area contributed by atoms with Gasteiger partial charge in [-0.25, -0.2) is 14.4 Å². The van der Waals surface area contributed by atoms with E-state index in [0.29, 0.717) is 17.3 Å². The SMILES string of the molecule is Cc1ncc(CN=C(N)N2CCN(c3ccc(F)cc3)CC2)c(=O)[nH]1. The standard InChI is InChI=1S/C17H21FN6O/c1-12-20-10-13(16(25)22-12)11-21-17(19)24-8-6-23(7-9-24)15-4-2-14(18)3-5-15/h2-5,10H,6-9,11H2,1H3,(H2,19,21)(H,20,22,25). The van der Waals surface area contributed by atoms with Crippen LogP contribution in [0, 0.1) is 12.7 Å². The number of anilines is 1. The largest absolute Gasteiger partial charge is 0.370 e. The molecular formula is C17H21FN6O. The lowest BCUT2D eigenvalue weighted by atomic mass is 10.2. The zero-order valence-electron chi connectivity index (χ0n) is 14.1. The zero-order valence-corrected chi connectivity index (χ0v) is 14.1. The molecule has 7 nitrogen and oxygen atoms in total. The van der Waals surface area contributed by atoms with Crippen LogP contribution in [0.25, 0.3) is 0 Å². The van der Waals surface area contributed by atoms with Crippen LogP contribution in [0.1, 0.15) is 11.4 Å². The summed E-state index contributed by atoms with van der Waals surface area (Å²) in [5, 5.41) is 0. The summed E-state index contributed by atoms with van der Waals surface area (Å²) in [5.74, 6) is 0.751. The molecule has 1 aromatic heterocycles. The molecule has 1 aliphatic heterocycles. The zero-order chi connectivity index (χ0) is 17.8. The molecule has 132 valence electrons. The van der Waals surface area contributed by atoms with Crippen molar-refractivity contribution in [2.75, 3.05) is 31.1 Å². The number of nitrogens with zero attached hydrogens (tertiary/aromatic N) is 4. The second kappa shape index (κ2) is 7.33. The smallest absolute Gasteiger partial charge is 0.255 e. The van der Waals surface area contributed by atoms with Gasteiger partial charge in [-0.3, -0.25) is 4.79 Å². The van der Waals surface area contributed by atoms with Crippen LogP contribution < -0.4 is 16.2 Å². The molecule has 0 unspecified atom stereocenters. The monoisotopic (exact) mass is 344 g/mol. The minimum absolute atomic E-state index is 0.190. The van der Waals surface area contributed by atoms with Gasteiger partial charge in [0.05, 0.1) is 12.1 Å². The average Bonchev–Trinajstić information content (AvgIpc) is 2.61. The van der Waals surface area contributed by atoms with E-state index in [1.165, 1.54) is 18.3 Å². The van der Waals surface area contributed by atoms with Gasteiger partial charge in [0.2, 0.25) is 0 Å². The maximum atomic E-state index is 13.0. The minimum Gasteiger partial charge on any atom is -0.370 e. The van der Waals surface area contributed by atoms with Crippen LogP contribution in [0.2, 0.25) is 0 Å². The number of guanidine groups is 1. The van der Waals surface area contributed by atoms with Crippen LogP contribution in [0.4, 0.5) is 10.1 Å². The van der Waals surface area contributed by atoms with Crippen molar-refractivity contribution in [3.05, 3.63) is 58.0 Å². The van der Waals surface area contributed by atoms with Crippen molar-refractivity contribution >= 4 is 11.6 Å². The Morgan fingerprint density at radius 1 is 1.28 bits per heavy atom. The molecule has 3 N–H and O–H groups in total. The van der Waals surface area contributed by atoms with Crippen LogP contribution in [0.15, 0.2) is 40.2 Å². The van der Waals surface area contributed by atoms with E-state index in [1.54, 1.807) is 19.1 Å². The average molecular weight is 344 g/mol. The highest BCUT2D eigenvalue weighted by molar-refractivity contribution is 5.78. The number of H-pyrrole nitrogens is 1. The molecule has 1 saturated heterocycles. The Morgan fingerprint density at radius 2 is 1.96 bits per heavy atom. The predicted octanol–water partition coefficient (Wildman–Crippen LogP) is 0.854. The Labute approximate surface area is 145 Å². The van der Waals surface area contributed by atoms with E-state index in [0.717, 1.165) is 31.9 Å². The first-order valence-electron chi connectivity index (χ1n) is 8.13. The first-order valence-corrected chi connectivity index (χ1v) is 8.13. The third-order valence-electron chi connectivity index (χ3n) is 4.21. The van der Waals surface area contributed by atoms with Gasteiger partial charge < -0.3 is 20.5 Å². The molecule has 3 rings (SSSR count). The Hall–Kier alpha value is -2.90. The molecule has 0 atom stereocenters. The van der Waals surface area contributed by atoms with Crippen molar-refractivity contribution < 1.29 is 4.39 Å². The topological polar surface area (TPSA) is 90.6 Å². The van der Waals surface area contributed by atoms with Gasteiger partial charge in [0.1, 0.15) is 11.6 Å². The van der Waals surface area contributed by atoms with Crippen molar-refractivity contribution in [3.63, 3.8) is 0 Å². The molecular weight excluding hydrogens is 323 g/mol. The number of aromatic amines is 1. The number of nitrogens with two attached hydrogens (primary N) is 1. The number of aryl methyl sites for hydroxylation is 1. The maximum absolute atomic E-state index is 13.0. The van der Waals surface area contributed by atoms with Gasteiger partial charge in [0.25, 0.3) is 5.56 Å². The highest BCUT2D eigenvalue weighted by Crippen LogP contribution is 2.16. The first kappa shape index (κ1) is 16.9. The van der Waals surface area contributed by atoms with Crippen LogP contribution in [0.3, 0.4) is 0 Å². The molecule has 1 aliphatic rings. The number of aromatic nitrogens is 2. The molecule has 1 fully saturated rings. The molecule has 25 heavy (non-hydrogen) atoms. The lowest BCUT2D eigenvalue weighted by molar-refractivity contribution is 0.380.